The van der Waals surface area contributed by atoms with Crippen molar-refractivity contribution in [3.8, 4) is 0 Å². The molecular formula is C24H23ClF3N5O3. The van der Waals surface area contributed by atoms with Gasteiger partial charge in [0, 0.05) is 36.5 Å². The van der Waals surface area contributed by atoms with Gasteiger partial charge in [-0.25, -0.2) is 22.8 Å². The molecule has 2 aromatic carbocycles. The van der Waals surface area contributed by atoms with Gasteiger partial charge in [0.25, 0.3) is 0 Å². The zero-order valence-electron chi connectivity index (χ0n) is 18.9. The quantitative estimate of drug-likeness (QED) is 0.424. The molecule has 0 aliphatic carbocycles. The third-order valence-electron chi connectivity index (χ3n) is 6.34. The first kappa shape index (κ1) is 25.5. The maximum Gasteiger partial charge on any atom is 0.323 e. The van der Waals surface area contributed by atoms with E-state index in [1.807, 2.05) is 0 Å². The third-order valence-corrected chi connectivity index (χ3v) is 6.63. The number of hydrogen-bond donors (Lipinski definition) is 3. The van der Waals surface area contributed by atoms with Gasteiger partial charge in [-0.05, 0) is 24.6 Å². The Morgan fingerprint density at radius 2 is 1.89 bits per heavy atom. The lowest BCUT2D eigenvalue weighted by Gasteiger charge is -2.24. The van der Waals surface area contributed by atoms with Crippen molar-refractivity contribution in [1.82, 2.24) is 9.47 Å². The van der Waals surface area contributed by atoms with Crippen LogP contribution >= 0.6 is 11.6 Å². The zero-order chi connectivity index (χ0) is 26.2. The summed E-state index contributed by atoms with van der Waals surface area (Å²) in [6.07, 6.45) is 0.286. The number of amides is 3. The predicted octanol–water partition coefficient (Wildman–Crippen LogP) is 3.97. The molecule has 0 bridgehead atoms. The zero-order valence-corrected chi connectivity index (χ0v) is 19.7. The minimum Gasteiger partial charge on any atom is -0.351 e. The lowest BCUT2D eigenvalue weighted by Crippen LogP contribution is -2.44. The average molecular weight is 522 g/mol. The summed E-state index contributed by atoms with van der Waals surface area (Å²) in [5, 5.41) is 2.82. The molecule has 5 N–H and O–H groups in total. The van der Waals surface area contributed by atoms with E-state index in [0.29, 0.717) is 10.9 Å². The Labute approximate surface area is 209 Å². The van der Waals surface area contributed by atoms with Gasteiger partial charge in [0.05, 0.1) is 28.8 Å². The first-order chi connectivity index (χ1) is 17.0. The molecule has 1 aliphatic heterocycles. The fourth-order valence-corrected chi connectivity index (χ4v) is 4.62. The molecule has 0 radical (unpaired) electrons. The summed E-state index contributed by atoms with van der Waals surface area (Å²) in [7, 11) is 0. The molecule has 1 aliphatic rings. The van der Waals surface area contributed by atoms with Crippen LogP contribution in [0.3, 0.4) is 0 Å². The molecule has 3 amide bonds. The summed E-state index contributed by atoms with van der Waals surface area (Å²) in [5.74, 6) is -2.42. The van der Waals surface area contributed by atoms with Crippen LogP contribution in [0.15, 0.2) is 42.6 Å². The topological polar surface area (TPSA) is 123 Å². The van der Waals surface area contributed by atoms with Gasteiger partial charge in [-0.2, -0.15) is 0 Å². The maximum absolute atomic E-state index is 15.2. The number of nitrogens with one attached hydrogen (secondary N) is 1. The van der Waals surface area contributed by atoms with E-state index in [-0.39, 0.29) is 35.5 Å². The Hall–Kier alpha value is -3.57. The summed E-state index contributed by atoms with van der Waals surface area (Å²) >= 11 is 5.71. The highest BCUT2D eigenvalue weighted by atomic mass is 35.5. The number of primary amides is 1. The van der Waals surface area contributed by atoms with Crippen LogP contribution in [0, 0.1) is 11.6 Å². The van der Waals surface area contributed by atoms with Crippen molar-refractivity contribution in [3.05, 3.63) is 64.8 Å². The molecule has 0 saturated carbocycles. The van der Waals surface area contributed by atoms with Gasteiger partial charge in [-0.3, -0.25) is 9.36 Å². The van der Waals surface area contributed by atoms with E-state index in [4.69, 9.17) is 23.1 Å². The van der Waals surface area contributed by atoms with Gasteiger partial charge in [0.2, 0.25) is 0 Å². The van der Waals surface area contributed by atoms with Crippen molar-refractivity contribution < 1.29 is 27.6 Å². The van der Waals surface area contributed by atoms with Gasteiger partial charge < -0.3 is 21.7 Å². The monoisotopic (exact) mass is 521 g/mol. The first-order valence-electron chi connectivity index (χ1n) is 11.1. The second-order valence-electron chi connectivity index (χ2n) is 8.69. The highest BCUT2D eigenvalue weighted by molar-refractivity contribution is 6.30. The van der Waals surface area contributed by atoms with E-state index in [1.165, 1.54) is 6.20 Å². The minimum absolute atomic E-state index is 0.229. The number of para-hydroxylation sites is 1. The minimum atomic E-state index is -2.02. The number of rotatable bonds is 6. The highest BCUT2D eigenvalue weighted by Crippen LogP contribution is 2.33. The summed E-state index contributed by atoms with van der Waals surface area (Å²) in [4.78, 5) is 39.0. The van der Waals surface area contributed by atoms with Crippen LogP contribution in [0.1, 0.15) is 18.4 Å². The van der Waals surface area contributed by atoms with E-state index >= 15 is 4.39 Å². The van der Waals surface area contributed by atoms with Gasteiger partial charge in [-0.15, -0.1) is 0 Å². The van der Waals surface area contributed by atoms with E-state index in [2.05, 4.69) is 5.32 Å². The predicted molar refractivity (Wildman–Crippen MR) is 129 cm³/mol. The van der Waals surface area contributed by atoms with Crippen LogP contribution < -0.4 is 16.8 Å². The average Bonchev–Trinajstić information content (AvgIpc) is 3.40. The number of urea groups is 1. The number of halogens is 4. The number of alkyl halides is 1. The SMILES string of the molecule is NC[C@@]1(F)C[C@@H](C(=O)CCc2c(F)ccc(Cl)c2F)N(C(=O)Nc2cn(C(N)=O)c3ccccc23)C1. The molecular weight excluding hydrogens is 499 g/mol. The number of carbonyl (C=O) groups is 3. The third kappa shape index (κ3) is 4.76. The summed E-state index contributed by atoms with van der Waals surface area (Å²) < 4.78 is 44.7. The van der Waals surface area contributed by atoms with Crippen molar-refractivity contribution in [2.24, 2.45) is 11.5 Å². The Morgan fingerprint density at radius 1 is 1.17 bits per heavy atom. The fourth-order valence-electron chi connectivity index (χ4n) is 4.45. The van der Waals surface area contributed by atoms with Crippen molar-refractivity contribution in [1.29, 1.82) is 0 Å². The van der Waals surface area contributed by atoms with Gasteiger partial charge in [0.1, 0.15) is 17.3 Å². The lowest BCUT2D eigenvalue weighted by atomic mass is 9.97. The molecule has 3 aromatic rings. The van der Waals surface area contributed by atoms with Crippen LogP contribution in [-0.2, 0) is 11.2 Å². The van der Waals surface area contributed by atoms with Crippen molar-refractivity contribution >= 4 is 46.0 Å². The molecule has 4 rings (SSSR count). The molecule has 1 aromatic heterocycles. The van der Waals surface area contributed by atoms with Crippen LogP contribution in [0.2, 0.25) is 5.02 Å². The largest absolute Gasteiger partial charge is 0.351 e. The number of aromatic nitrogens is 1. The van der Waals surface area contributed by atoms with Gasteiger partial charge in [-0.1, -0.05) is 29.8 Å². The second-order valence-corrected chi connectivity index (χ2v) is 9.10. The number of Topliss-reactive ketones (excluding diaryl/α,β-unsaturated/α-hetero) is 1. The number of nitrogens with zero attached hydrogens (tertiary/aromatic N) is 2. The number of nitrogens with two attached hydrogens (primary N) is 2. The normalized spacial score (nSPS) is 19.6. The molecule has 1 saturated heterocycles. The van der Waals surface area contributed by atoms with E-state index in [0.717, 1.165) is 21.6 Å². The molecule has 12 heteroatoms. The Bertz CT molecular complexity index is 1360. The molecule has 0 unspecified atom stereocenters. The maximum atomic E-state index is 15.2. The fraction of sp³-hybridized carbons (Fsp3) is 0.292. The smallest absolute Gasteiger partial charge is 0.323 e. The van der Waals surface area contributed by atoms with Crippen molar-refractivity contribution in [2.45, 2.75) is 31.0 Å². The highest BCUT2D eigenvalue weighted by Gasteiger charge is 2.48. The Kier molecular flexibility index (Phi) is 6.96. The second kappa shape index (κ2) is 9.82. The number of carbonyl (C=O) groups excluding carboxylic acids is 3. The van der Waals surface area contributed by atoms with Gasteiger partial charge in [0.15, 0.2) is 5.78 Å². The summed E-state index contributed by atoms with van der Waals surface area (Å²) in [6, 6.07) is 5.94. The summed E-state index contributed by atoms with van der Waals surface area (Å²) in [5.41, 5.74) is 9.26. The van der Waals surface area contributed by atoms with Crippen LogP contribution in [0.25, 0.3) is 10.9 Å². The number of hydrogen-bond acceptors (Lipinski definition) is 4. The molecule has 0 spiro atoms. The number of benzene rings is 2. The van der Waals surface area contributed by atoms with Crippen LogP contribution in [-0.4, -0.2) is 52.1 Å². The molecule has 36 heavy (non-hydrogen) atoms. The number of anilines is 1. The summed E-state index contributed by atoms with van der Waals surface area (Å²) in [6.45, 7) is -0.890. The Balaban J connectivity index is 1.56. The van der Waals surface area contributed by atoms with E-state index in [1.54, 1.807) is 24.3 Å². The lowest BCUT2D eigenvalue weighted by molar-refractivity contribution is -0.122. The first-order valence-corrected chi connectivity index (χ1v) is 11.4. The molecule has 2 heterocycles. The van der Waals surface area contributed by atoms with Crippen LogP contribution in [0.4, 0.5) is 28.4 Å². The van der Waals surface area contributed by atoms with Gasteiger partial charge >= 0.3 is 12.1 Å². The molecule has 190 valence electrons. The molecule has 8 nitrogen and oxygen atoms in total. The van der Waals surface area contributed by atoms with Crippen LogP contribution in [0.5, 0.6) is 0 Å². The molecule has 1 fully saturated rings. The number of fused-ring (bicyclic) bond motifs is 1. The van der Waals surface area contributed by atoms with E-state index < -0.39 is 54.3 Å². The number of likely N-dealkylation sites (tertiary alicyclic amines) is 1. The molecule has 2 atom stereocenters. The van der Waals surface area contributed by atoms with E-state index in [9.17, 15) is 23.2 Å². The van der Waals surface area contributed by atoms with Crippen molar-refractivity contribution in [3.63, 3.8) is 0 Å². The van der Waals surface area contributed by atoms with Crippen molar-refractivity contribution in [2.75, 3.05) is 18.4 Å². The standard InChI is InChI=1S/C24H23ClF3N5O3/c25-15-6-7-16(26)13(21(15)27)5-8-20(34)19-9-24(28,11-29)12-33(19)23(36)31-17-10-32(22(30)35)18-4-2-1-3-14(17)18/h1-4,6-7,10,19H,5,8-9,11-12,29H2,(H2,30,35)(H,31,36)/t19-,24-/m0/s1. The number of ketones is 1. The Morgan fingerprint density at radius 3 is 2.58 bits per heavy atom.